The molecule has 0 bridgehead atoms. The first kappa shape index (κ1) is 12.5. The predicted octanol–water partition coefficient (Wildman–Crippen LogP) is 1.87. The summed E-state index contributed by atoms with van der Waals surface area (Å²) in [7, 11) is 1.50. The maximum atomic E-state index is 11.2. The Balaban J connectivity index is 2.74. The molecule has 1 amide bonds. The Morgan fingerprint density at radius 3 is 2.75 bits per heavy atom. The van der Waals surface area contributed by atoms with Crippen molar-refractivity contribution >= 4 is 33.5 Å². The quantitative estimate of drug-likeness (QED) is 0.829. The topological polar surface area (TPSA) is 75.6 Å². The molecule has 2 N–H and O–H groups in total. The van der Waals surface area contributed by atoms with Crippen LogP contribution in [-0.2, 0) is 9.59 Å². The van der Waals surface area contributed by atoms with Crippen LogP contribution >= 0.6 is 15.9 Å². The lowest BCUT2D eigenvalue weighted by atomic mass is 10.3. The van der Waals surface area contributed by atoms with Gasteiger partial charge in [0.15, 0.2) is 0 Å². The van der Waals surface area contributed by atoms with Crippen molar-refractivity contribution in [1.82, 2.24) is 0 Å². The second-order valence-corrected chi connectivity index (χ2v) is 3.82. The minimum atomic E-state index is -1.17. The molecule has 0 heterocycles. The van der Waals surface area contributed by atoms with Gasteiger partial charge in [0.05, 0.1) is 11.6 Å². The van der Waals surface area contributed by atoms with Crippen LogP contribution in [0.5, 0.6) is 5.75 Å². The van der Waals surface area contributed by atoms with Gasteiger partial charge >= 0.3 is 5.97 Å². The normalized spacial score (nSPS) is 9.62. The highest BCUT2D eigenvalue weighted by atomic mass is 79.9. The van der Waals surface area contributed by atoms with Gasteiger partial charge in [-0.25, -0.2) is 0 Å². The zero-order valence-electron chi connectivity index (χ0n) is 8.49. The van der Waals surface area contributed by atoms with Crippen LogP contribution in [0.4, 0.5) is 5.69 Å². The molecule has 0 atom stereocenters. The summed E-state index contributed by atoms with van der Waals surface area (Å²) >= 11 is 3.27. The molecule has 1 rings (SSSR count). The van der Waals surface area contributed by atoms with E-state index in [1.807, 2.05) is 0 Å². The second-order valence-electron chi connectivity index (χ2n) is 2.97. The first-order chi connectivity index (χ1) is 7.52. The van der Waals surface area contributed by atoms with Gasteiger partial charge < -0.3 is 15.2 Å². The lowest BCUT2D eigenvalue weighted by molar-refractivity contribution is -0.139. The summed E-state index contributed by atoms with van der Waals surface area (Å²) in [6, 6.07) is 4.95. The van der Waals surface area contributed by atoms with Crippen molar-refractivity contribution in [2.75, 3.05) is 12.4 Å². The van der Waals surface area contributed by atoms with E-state index in [-0.39, 0.29) is 0 Å². The van der Waals surface area contributed by atoms with Gasteiger partial charge in [-0.1, -0.05) is 0 Å². The van der Waals surface area contributed by atoms with E-state index in [1.165, 1.54) is 7.11 Å². The summed E-state index contributed by atoms with van der Waals surface area (Å²) in [4.78, 5) is 21.4. The molecule has 1 aromatic rings. The van der Waals surface area contributed by atoms with Crippen LogP contribution in [0.2, 0.25) is 0 Å². The highest BCUT2D eigenvalue weighted by Crippen LogP contribution is 2.27. The van der Waals surface area contributed by atoms with E-state index < -0.39 is 18.3 Å². The molecule has 1 aromatic carbocycles. The largest absolute Gasteiger partial charge is 0.495 e. The Morgan fingerprint density at radius 1 is 1.50 bits per heavy atom. The number of amides is 1. The number of aliphatic carboxylic acids is 1. The highest BCUT2D eigenvalue weighted by molar-refractivity contribution is 9.10. The number of hydrogen-bond donors (Lipinski definition) is 2. The van der Waals surface area contributed by atoms with E-state index in [0.29, 0.717) is 11.4 Å². The molecule has 0 saturated heterocycles. The first-order valence-corrected chi connectivity index (χ1v) is 5.17. The number of halogens is 1. The molecule has 0 aliphatic rings. The van der Waals surface area contributed by atoms with E-state index in [2.05, 4.69) is 21.2 Å². The fourth-order valence-electron chi connectivity index (χ4n) is 1.08. The number of carboxylic acid groups (broad SMARTS) is 1. The maximum absolute atomic E-state index is 11.2. The van der Waals surface area contributed by atoms with Gasteiger partial charge in [-0.3, -0.25) is 9.59 Å². The van der Waals surface area contributed by atoms with Crippen molar-refractivity contribution in [3.05, 3.63) is 22.7 Å². The van der Waals surface area contributed by atoms with Gasteiger partial charge in [-0.2, -0.15) is 0 Å². The Bertz CT molecular complexity index is 419. The summed E-state index contributed by atoms with van der Waals surface area (Å²) in [6.45, 7) is 0. The Morgan fingerprint density at radius 2 is 2.19 bits per heavy atom. The molecular weight excluding hydrogens is 278 g/mol. The maximum Gasteiger partial charge on any atom is 0.312 e. The number of rotatable bonds is 4. The van der Waals surface area contributed by atoms with Crippen molar-refractivity contribution in [2.45, 2.75) is 6.42 Å². The molecular formula is C10H10BrNO4. The first-order valence-electron chi connectivity index (χ1n) is 4.38. The molecule has 5 nitrogen and oxygen atoms in total. The fraction of sp³-hybridized carbons (Fsp3) is 0.200. The molecule has 0 aliphatic heterocycles. The van der Waals surface area contributed by atoms with Crippen molar-refractivity contribution in [2.24, 2.45) is 0 Å². The number of carbonyl (C=O) groups excluding carboxylic acids is 1. The van der Waals surface area contributed by atoms with Crippen LogP contribution in [-0.4, -0.2) is 24.1 Å². The number of benzene rings is 1. The van der Waals surface area contributed by atoms with E-state index >= 15 is 0 Å². The summed E-state index contributed by atoms with van der Waals surface area (Å²) in [5.41, 5.74) is 0.492. The number of nitrogens with one attached hydrogen (secondary N) is 1. The fourth-order valence-corrected chi connectivity index (χ4v) is 1.49. The third kappa shape index (κ3) is 3.54. The summed E-state index contributed by atoms with van der Waals surface area (Å²) < 4.78 is 5.79. The number of anilines is 1. The molecule has 0 radical (unpaired) electrons. The van der Waals surface area contributed by atoms with Crippen molar-refractivity contribution in [3.8, 4) is 5.75 Å². The minimum absolute atomic E-state index is 0.492. The smallest absolute Gasteiger partial charge is 0.312 e. The second kappa shape index (κ2) is 5.50. The third-order valence-corrected chi connectivity index (χ3v) is 2.40. The standard InChI is InChI=1S/C10H10BrNO4/c1-16-8-4-6(2-3-7(8)11)12-9(13)5-10(14)15/h2-4H,5H2,1H3,(H,12,13)(H,14,15). The van der Waals surface area contributed by atoms with Gasteiger partial charge in [-0.15, -0.1) is 0 Å². The van der Waals surface area contributed by atoms with Crippen LogP contribution in [0, 0.1) is 0 Å². The van der Waals surface area contributed by atoms with Crippen molar-refractivity contribution in [1.29, 1.82) is 0 Å². The van der Waals surface area contributed by atoms with Gasteiger partial charge in [0, 0.05) is 11.8 Å². The monoisotopic (exact) mass is 287 g/mol. The molecule has 16 heavy (non-hydrogen) atoms. The van der Waals surface area contributed by atoms with E-state index in [4.69, 9.17) is 9.84 Å². The molecule has 0 spiro atoms. The molecule has 0 aliphatic carbocycles. The number of ether oxygens (including phenoxy) is 1. The Hall–Kier alpha value is -1.56. The number of methoxy groups -OCH3 is 1. The van der Waals surface area contributed by atoms with E-state index in [0.717, 1.165) is 4.47 Å². The summed E-state index contributed by atoms with van der Waals surface area (Å²) in [5, 5.41) is 10.9. The molecule has 0 aromatic heterocycles. The third-order valence-electron chi connectivity index (χ3n) is 1.75. The minimum Gasteiger partial charge on any atom is -0.495 e. The lowest BCUT2D eigenvalue weighted by Crippen LogP contribution is -2.15. The molecule has 0 fully saturated rings. The number of hydrogen-bond acceptors (Lipinski definition) is 3. The van der Waals surface area contributed by atoms with Crippen LogP contribution in [0.3, 0.4) is 0 Å². The van der Waals surface area contributed by atoms with Gasteiger partial charge in [0.2, 0.25) is 5.91 Å². The van der Waals surface area contributed by atoms with Crippen LogP contribution < -0.4 is 10.1 Å². The van der Waals surface area contributed by atoms with Gasteiger partial charge in [-0.05, 0) is 28.1 Å². The van der Waals surface area contributed by atoms with Gasteiger partial charge in [0.1, 0.15) is 12.2 Å². The number of carboxylic acids is 1. The number of carbonyl (C=O) groups is 2. The van der Waals surface area contributed by atoms with Crippen LogP contribution in [0.25, 0.3) is 0 Å². The predicted molar refractivity (Wildman–Crippen MR) is 61.6 cm³/mol. The highest BCUT2D eigenvalue weighted by Gasteiger charge is 2.09. The van der Waals surface area contributed by atoms with E-state index in [1.54, 1.807) is 18.2 Å². The van der Waals surface area contributed by atoms with Crippen LogP contribution in [0.1, 0.15) is 6.42 Å². The summed E-state index contributed by atoms with van der Waals surface area (Å²) in [6.07, 6.45) is -0.557. The average molecular weight is 288 g/mol. The van der Waals surface area contributed by atoms with Crippen LogP contribution in [0.15, 0.2) is 22.7 Å². The molecule has 0 unspecified atom stereocenters. The Labute approximate surface area is 101 Å². The molecule has 6 heteroatoms. The van der Waals surface area contributed by atoms with Gasteiger partial charge in [0.25, 0.3) is 0 Å². The zero-order valence-corrected chi connectivity index (χ0v) is 10.1. The Kier molecular flexibility index (Phi) is 4.30. The van der Waals surface area contributed by atoms with Crippen molar-refractivity contribution in [3.63, 3.8) is 0 Å². The van der Waals surface area contributed by atoms with E-state index in [9.17, 15) is 9.59 Å². The zero-order chi connectivity index (χ0) is 12.1. The molecule has 86 valence electrons. The SMILES string of the molecule is COc1cc(NC(=O)CC(=O)O)ccc1Br. The van der Waals surface area contributed by atoms with Crippen molar-refractivity contribution < 1.29 is 19.4 Å². The molecule has 0 saturated carbocycles. The average Bonchev–Trinajstić information content (AvgIpc) is 2.19. The summed E-state index contributed by atoms with van der Waals surface area (Å²) in [5.74, 6) is -1.17. The lowest BCUT2D eigenvalue weighted by Gasteiger charge is -2.07.